The van der Waals surface area contributed by atoms with Gasteiger partial charge in [0, 0.05) is 6.54 Å². The molecule has 0 radical (unpaired) electrons. The number of phenolic OH excluding ortho intramolecular Hbond substituents is 2. The van der Waals surface area contributed by atoms with Crippen molar-refractivity contribution in [3.63, 3.8) is 0 Å². The molecule has 0 aromatic heterocycles. The molecule has 1 aromatic rings. The summed E-state index contributed by atoms with van der Waals surface area (Å²) in [5, 5.41) is 21.8. The second-order valence-electron chi connectivity index (χ2n) is 5.37. The number of rotatable bonds is 4. The number of hydrogen-bond donors (Lipinski definition) is 3. The minimum absolute atomic E-state index is 0.120. The smallest absolute Gasteiger partial charge is 0.255 e. The zero-order chi connectivity index (χ0) is 13.3. The number of carbonyl (C=O) groups excluding carboxylic acids is 1. The highest BCUT2D eigenvalue weighted by molar-refractivity contribution is 5.97. The van der Waals surface area contributed by atoms with Gasteiger partial charge in [-0.1, -0.05) is 19.9 Å². The zero-order valence-electron chi connectivity index (χ0n) is 10.7. The van der Waals surface area contributed by atoms with Crippen LogP contribution in [-0.4, -0.2) is 22.7 Å². The van der Waals surface area contributed by atoms with Crippen LogP contribution in [0.15, 0.2) is 18.2 Å². The summed E-state index contributed by atoms with van der Waals surface area (Å²) in [5.74, 6) is -0.428. The Hall–Kier alpha value is -1.71. The van der Waals surface area contributed by atoms with E-state index in [-0.39, 0.29) is 28.4 Å². The van der Waals surface area contributed by atoms with Crippen LogP contribution in [0.4, 0.5) is 0 Å². The molecule has 0 spiro atoms. The standard InChI is InChI=1S/C14H19NO3/c1-9(2)14(6-7-14)8-15-13(18)10-4-3-5-11(16)12(10)17/h3-5,9,16-17H,6-8H2,1-2H3,(H,15,18). The molecule has 4 nitrogen and oxygen atoms in total. The fourth-order valence-electron chi connectivity index (χ4n) is 2.18. The average Bonchev–Trinajstić information content (AvgIpc) is 3.11. The number of carbonyl (C=O) groups is 1. The minimum atomic E-state index is -0.357. The van der Waals surface area contributed by atoms with E-state index in [1.807, 2.05) is 0 Å². The fraction of sp³-hybridized carbons (Fsp3) is 0.500. The van der Waals surface area contributed by atoms with Crippen molar-refractivity contribution in [2.75, 3.05) is 6.54 Å². The SMILES string of the molecule is CC(C)C1(CNC(=O)c2cccc(O)c2O)CC1. The summed E-state index contributed by atoms with van der Waals surface area (Å²) in [6, 6.07) is 4.39. The van der Waals surface area contributed by atoms with Gasteiger partial charge in [0.15, 0.2) is 11.5 Å². The van der Waals surface area contributed by atoms with E-state index in [1.54, 1.807) is 6.07 Å². The lowest BCUT2D eigenvalue weighted by Crippen LogP contribution is -2.32. The van der Waals surface area contributed by atoms with Crippen molar-refractivity contribution < 1.29 is 15.0 Å². The van der Waals surface area contributed by atoms with Gasteiger partial charge in [0.2, 0.25) is 0 Å². The van der Waals surface area contributed by atoms with Gasteiger partial charge in [0.05, 0.1) is 5.56 Å². The van der Waals surface area contributed by atoms with E-state index in [2.05, 4.69) is 19.2 Å². The van der Waals surface area contributed by atoms with E-state index in [9.17, 15) is 15.0 Å². The zero-order valence-corrected chi connectivity index (χ0v) is 10.7. The lowest BCUT2D eigenvalue weighted by Gasteiger charge is -2.20. The molecule has 4 heteroatoms. The van der Waals surface area contributed by atoms with Crippen LogP contribution in [-0.2, 0) is 0 Å². The highest BCUT2D eigenvalue weighted by Gasteiger charge is 2.45. The van der Waals surface area contributed by atoms with Gasteiger partial charge in [0.1, 0.15) is 0 Å². The summed E-state index contributed by atoms with van der Waals surface area (Å²) in [6.07, 6.45) is 2.27. The number of para-hydroxylation sites is 1. The Morgan fingerprint density at radius 3 is 2.61 bits per heavy atom. The summed E-state index contributed by atoms with van der Waals surface area (Å²) in [4.78, 5) is 11.9. The van der Waals surface area contributed by atoms with Crippen molar-refractivity contribution in [1.29, 1.82) is 0 Å². The lowest BCUT2D eigenvalue weighted by molar-refractivity contribution is 0.0936. The van der Waals surface area contributed by atoms with E-state index in [4.69, 9.17) is 0 Å². The molecule has 1 saturated carbocycles. The van der Waals surface area contributed by atoms with Crippen molar-refractivity contribution in [3.8, 4) is 11.5 Å². The average molecular weight is 249 g/mol. The quantitative estimate of drug-likeness (QED) is 0.717. The summed E-state index contributed by atoms with van der Waals surface area (Å²) in [6.45, 7) is 4.94. The van der Waals surface area contributed by atoms with Crippen LogP contribution in [0.1, 0.15) is 37.0 Å². The molecule has 2 rings (SSSR count). The summed E-state index contributed by atoms with van der Waals surface area (Å²) < 4.78 is 0. The van der Waals surface area contributed by atoms with Gasteiger partial charge in [-0.05, 0) is 36.3 Å². The van der Waals surface area contributed by atoms with Crippen molar-refractivity contribution >= 4 is 5.91 Å². The first kappa shape index (κ1) is 12.7. The molecule has 0 bridgehead atoms. The van der Waals surface area contributed by atoms with Gasteiger partial charge < -0.3 is 15.5 Å². The fourth-order valence-corrected chi connectivity index (χ4v) is 2.18. The number of phenols is 2. The highest BCUT2D eigenvalue weighted by atomic mass is 16.3. The molecule has 0 aliphatic heterocycles. The van der Waals surface area contributed by atoms with Crippen LogP contribution in [0.25, 0.3) is 0 Å². The Labute approximate surface area is 107 Å². The van der Waals surface area contributed by atoms with E-state index in [0.29, 0.717) is 12.5 Å². The van der Waals surface area contributed by atoms with Gasteiger partial charge in [-0.3, -0.25) is 4.79 Å². The number of hydrogen-bond acceptors (Lipinski definition) is 3. The first-order valence-corrected chi connectivity index (χ1v) is 6.25. The van der Waals surface area contributed by atoms with Crippen LogP contribution in [0, 0.1) is 11.3 Å². The maximum Gasteiger partial charge on any atom is 0.255 e. The topological polar surface area (TPSA) is 69.6 Å². The molecule has 0 heterocycles. The molecule has 1 fully saturated rings. The third-order valence-electron chi connectivity index (χ3n) is 3.98. The lowest BCUT2D eigenvalue weighted by atomic mass is 9.92. The third-order valence-corrected chi connectivity index (χ3v) is 3.98. The Morgan fingerprint density at radius 1 is 1.39 bits per heavy atom. The van der Waals surface area contributed by atoms with Gasteiger partial charge in [0.25, 0.3) is 5.91 Å². The van der Waals surface area contributed by atoms with Crippen molar-refractivity contribution in [2.24, 2.45) is 11.3 Å². The molecule has 1 amide bonds. The second kappa shape index (κ2) is 4.52. The molecule has 0 unspecified atom stereocenters. The molecule has 3 N–H and O–H groups in total. The van der Waals surface area contributed by atoms with E-state index in [0.717, 1.165) is 12.8 Å². The summed E-state index contributed by atoms with van der Waals surface area (Å²) in [5.41, 5.74) is 0.344. The van der Waals surface area contributed by atoms with Crippen LogP contribution >= 0.6 is 0 Å². The van der Waals surface area contributed by atoms with Crippen molar-refractivity contribution in [2.45, 2.75) is 26.7 Å². The first-order valence-electron chi connectivity index (χ1n) is 6.25. The molecular formula is C14H19NO3. The Kier molecular flexibility index (Phi) is 3.20. The van der Waals surface area contributed by atoms with Crippen molar-refractivity contribution in [3.05, 3.63) is 23.8 Å². The molecule has 18 heavy (non-hydrogen) atoms. The molecule has 1 aliphatic carbocycles. The predicted molar refractivity (Wildman–Crippen MR) is 68.6 cm³/mol. The van der Waals surface area contributed by atoms with Gasteiger partial charge in [-0.25, -0.2) is 0 Å². The maximum atomic E-state index is 11.9. The van der Waals surface area contributed by atoms with Crippen LogP contribution in [0.2, 0.25) is 0 Å². The maximum absolute atomic E-state index is 11.9. The molecular weight excluding hydrogens is 230 g/mol. The molecule has 0 saturated heterocycles. The summed E-state index contributed by atoms with van der Waals surface area (Å²) in [7, 11) is 0. The van der Waals surface area contributed by atoms with Crippen LogP contribution in [0.5, 0.6) is 11.5 Å². The number of nitrogens with one attached hydrogen (secondary N) is 1. The summed E-state index contributed by atoms with van der Waals surface area (Å²) >= 11 is 0. The Balaban J connectivity index is 2.03. The Bertz CT molecular complexity index is 464. The highest BCUT2D eigenvalue weighted by Crippen LogP contribution is 2.51. The van der Waals surface area contributed by atoms with E-state index >= 15 is 0 Å². The second-order valence-corrected chi connectivity index (χ2v) is 5.37. The largest absolute Gasteiger partial charge is 0.504 e. The number of amides is 1. The molecule has 0 atom stereocenters. The first-order chi connectivity index (χ1) is 8.46. The predicted octanol–water partition coefficient (Wildman–Crippen LogP) is 2.26. The number of benzene rings is 1. The Morgan fingerprint density at radius 2 is 2.06 bits per heavy atom. The van der Waals surface area contributed by atoms with Crippen molar-refractivity contribution in [1.82, 2.24) is 5.32 Å². The van der Waals surface area contributed by atoms with Crippen LogP contribution < -0.4 is 5.32 Å². The van der Waals surface area contributed by atoms with Gasteiger partial charge in [-0.15, -0.1) is 0 Å². The molecule has 1 aliphatic rings. The molecule has 1 aromatic carbocycles. The van der Waals surface area contributed by atoms with Crippen LogP contribution in [0.3, 0.4) is 0 Å². The number of aromatic hydroxyl groups is 2. The monoisotopic (exact) mass is 249 g/mol. The third kappa shape index (κ3) is 2.28. The van der Waals surface area contributed by atoms with E-state index in [1.165, 1.54) is 12.1 Å². The minimum Gasteiger partial charge on any atom is -0.504 e. The normalized spacial score (nSPS) is 16.6. The molecule has 98 valence electrons. The van der Waals surface area contributed by atoms with E-state index < -0.39 is 0 Å². The van der Waals surface area contributed by atoms with Gasteiger partial charge >= 0.3 is 0 Å². The van der Waals surface area contributed by atoms with Gasteiger partial charge in [-0.2, -0.15) is 0 Å².